The summed E-state index contributed by atoms with van der Waals surface area (Å²) in [5.41, 5.74) is 3.11. The van der Waals surface area contributed by atoms with Gasteiger partial charge < -0.3 is 9.64 Å². The van der Waals surface area contributed by atoms with Crippen LogP contribution in [0.15, 0.2) is 62.6 Å². The Labute approximate surface area is 193 Å². The number of anilines is 1. The highest BCUT2D eigenvalue weighted by Gasteiger charge is 2.35. The minimum atomic E-state index is -0.451. The predicted octanol–water partition coefficient (Wildman–Crippen LogP) is 4.52. The highest BCUT2D eigenvalue weighted by atomic mass is 79.9. The number of amides is 1. The van der Waals surface area contributed by atoms with E-state index in [0.29, 0.717) is 10.2 Å². The number of fused-ring (bicyclic) bond motifs is 1. The molecule has 0 saturated carbocycles. The van der Waals surface area contributed by atoms with Gasteiger partial charge in [-0.2, -0.15) is 15.1 Å². The third kappa shape index (κ3) is 4.57. The number of carbonyl (C=O) groups is 1. The quantitative estimate of drug-likeness (QED) is 0.614. The van der Waals surface area contributed by atoms with Crippen LogP contribution in [0.5, 0.6) is 5.75 Å². The van der Waals surface area contributed by atoms with E-state index in [1.54, 1.807) is 6.08 Å². The van der Waals surface area contributed by atoms with Gasteiger partial charge in [0.2, 0.25) is 5.17 Å². The molecular formula is C22H20BrN5O2S. The summed E-state index contributed by atoms with van der Waals surface area (Å²) in [6.45, 7) is 2.24. The average molecular weight is 498 g/mol. The van der Waals surface area contributed by atoms with E-state index < -0.39 is 5.91 Å². The first-order chi connectivity index (χ1) is 14.8. The topological polar surface area (TPSA) is 81.4 Å². The lowest BCUT2D eigenvalue weighted by Gasteiger charge is -2.20. The molecule has 158 valence electrons. The van der Waals surface area contributed by atoms with Crippen molar-refractivity contribution in [1.82, 2.24) is 5.01 Å². The molecular weight excluding hydrogens is 478 g/mol. The molecule has 0 radical (unpaired) electrons. The number of aliphatic imine (C=N–C) groups is 1. The number of thioether (sulfide) groups is 1. The summed E-state index contributed by atoms with van der Waals surface area (Å²) in [7, 11) is 3.91. The van der Waals surface area contributed by atoms with Gasteiger partial charge in [0.25, 0.3) is 5.91 Å². The first-order valence-corrected chi connectivity index (χ1v) is 11.1. The van der Waals surface area contributed by atoms with Crippen LogP contribution in [0.4, 0.5) is 5.69 Å². The lowest BCUT2D eigenvalue weighted by molar-refractivity contribution is -0.114. The van der Waals surface area contributed by atoms with Crippen LogP contribution in [0.3, 0.4) is 0 Å². The number of benzene rings is 2. The fourth-order valence-corrected chi connectivity index (χ4v) is 4.63. The summed E-state index contributed by atoms with van der Waals surface area (Å²) in [5, 5.41) is 15.3. The van der Waals surface area contributed by atoms with E-state index in [9.17, 15) is 4.79 Å². The molecule has 0 aliphatic carbocycles. The fourth-order valence-electron chi connectivity index (χ4n) is 3.08. The molecule has 0 aromatic heterocycles. The molecule has 4 rings (SSSR count). The monoisotopic (exact) mass is 497 g/mol. The van der Waals surface area contributed by atoms with E-state index >= 15 is 0 Å². The molecule has 0 bridgehead atoms. The Morgan fingerprint density at radius 3 is 2.77 bits per heavy atom. The fraction of sp³-hybridized carbons (Fsp3) is 0.182. The minimum Gasteiger partial charge on any atom is -0.487 e. The van der Waals surface area contributed by atoms with Crippen LogP contribution in [-0.2, 0) is 4.79 Å². The zero-order chi connectivity index (χ0) is 22.1. The molecule has 0 saturated heterocycles. The molecule has 0 unspecified atom stereocenters. The van der Waals surface area contributed by atoms with Crippen LogP contribution >= 0.6 is 27.7 Å². The molecule has 2 aliphatic rings. The number of rotatable bonds is 5. The van der Waals surface area contributed by atoms with E-state index in [-0.39, 0.29) is 18.0 Å². The zero-order valence-corrected chi connectivity index (χ0v) is 19.6. The van der Waals surface area contributed by atoms with Gasteiger partial charge in [0.05, 0.1) is 11.3 Å². The Bertz CT molecular complexity index is 1170. The van der Waals surface area contributed by atoms with Gasteiger partial charge in [-0.1, -0.05) is 18.2 Å². The Kier molecular flexibility index (Phi) is 5.97. The summed E-state index contributed by atoms with van der Waals surface area (Å²) < 4.78 is 6.69. The second-order valence-electron chi connectivity index (χ2n) is 7.22. The van der Waals surface area contributed by atoms with Crippen LogP contribution in [0.25, 0.3) is 6.08 Å². The molecule has 2 heterocycles. The van der Waals surface area contributed by atoms with Crippen LogP contribution < -0.4 is 9.64 Å². The van der Waals surface area contributed by atoms with Gasteiger partial charge in [-0.3, -0.25) is 10.2 Å². The van der Waals surface area contributed by atoms with Crippen molar-refractivity contribution in [3.8, 4) is 5.75 Å². The number of nitrogens with one attached hydrogen (secondary N) is 1. The van der Waals surface area contributed by atoms with Gasteiger partial charge in [0.15, 0.2) is 5.84 Å². The smallest absolute Gasteiger partial charge is 0.283 e. The lowest BCUT2D eigenvalue weighted by Crippen LogP contribution is -2.35. The summed E-state index contributed by atoms with van der Waals surface area (Å²) in [5.74, 6) is 0.294. The number of amidine groups is 2. The maximum atomic E-state index is 12.6. The van der Waals surface area contributed by atoms with E-state index in [2.05, 4.69) is 26.0 Å². The first kappa shape index (κ1) is 21.3. The molecule has 1 amide bonds. The summed E-state index contributed by atoms with van der Waals surface area (Å²) in [6, 6.07) is 13.5. The van der Waals surface area contributed by atoms with Crippen LogP contribution in [0.2, 0.25) is 0 Å². The van der Waals surface area contributed by atoms with Crippen molar-refractivity contribution in [1.29, 1.82) is 5.41 Å². The Morgan fingerprint density at radius 1 is 1.26 bits per heavy atom. The first-order valence-electron chi connectivity index (χ1n) is 9.47. The van der Waals surface area contributed by atoms with Crippen molar-refractivity contribution in [2.75, 3.05) is 25.6 Å². The predicted molar refractivity (Wildman–Crippen MR) is 130 cm³/mol. The largest absolute Gasteiger partial charge is 0.487 e. The van der Waals surface area contributed by atoms with Gasteiger partial charge in [-0.15, -0.1) is 0 Å². The Hall–Kier alpha value is -2.91. The molecule has 2 aliphatic heterocycles. The molecule has 7 nitrogen and oxygen atoms in total. The molecule has 1 N–H and O–H groups in total. The number of hydrogen-bond donors (Lipinski definition) is 1. The number of hydrogen-bond acceptors (Lipinski definition) is 6. The van der Waals surface area contributed by atoms with E-state index in [0.717, 1.165) is 27.0 Å². The normalized spacial score (nSPS) is 16.9. The Balaban J connectivity index is 1.53. The van der Waals surface area contributed by atoms with Crippen molar-refractivity contribution in [3.05, 3.63) is 63.6 Å². The van der Waals surface area contributed by atoms with Gasteiger partial charge >= 0.3 is 0 Å². The molecule has 2 aromatic rings. The second-order valence-corrected chi connectivity index (χ2v) is 9.12. The minimum absolute atomic E-state index is 0.000800. The van der Waals surface area contributed by atoms with Gasteiger partial charge in [0.1, 0.15) is 17.4 Å². The lowest BCUT2D eigenvalue weighted by atomic mass is 10.1. The van der Waals surface area contributed by atoms with Gasteiger partial charge in [-0.05, 0) is 76.1 Å². The maximum Gasteiger partial charge on any atom is 0.283 e. The number of aryl methyl sites for hydroxylation is 1. The van der Waals surface area contributed by atoms with E-state index in [1.807, 2.05) is 68.4 Å². The van der Waals surface area contributed by atoms with Crippen molar-refractivity contribution < 1.29 is 9.53 Å². The van der Waals surface area contributed by atoms with Crippen molar-refractivity contribution in [2.24, 2.45) is 10.1 Å². The highest BCUT2D eigenvalue weighted by Crippen LogP contribution is 2.30. The number of carbonyl (C=O) groups excluding carboxylic acids is 1. The summed E-state index contributed by atoms with van der Waals surface area (Å²) in [4.78, 5) is 18.7. The number of hydrazone groups is 1. The van der Waals surface area contributed by atoms with Crippen LogP contribution in [-0.4, -0.2) is 47.7 Å². The average Bonchev–Trinajstić information content (AvgIpc) is 3.12. The van der Waals surface area contributed by atoms with Crippen LogP contribution in [0.1, 0.15) is 11.1 Å². The third-order valence-corrected chi connectivity index (χ3v) is 6.13. The zero-order valence-electron chi connectivity index (χ0n) is 17.2. The summed E-state index contributed by atoms with van der Waals surface area (Å²) >= 11 is 4.79. The Morgan fingerprint density at radius 2 is 2.06 bits per heavy atom. The van der Waals surface area contributed by atoms with E-state index in [4.69, 9.17) is 10.1 Å². The molecule has 0 atom stereocenters. The number of nitrogens with zero attached hydrogens (tertiary/aromatic N) is 4. The summed E-state index contributed by atoms with van der Waals surface area (Å²) in [6.07, 6.45) is 1.66. The van der Waals surface area contributed by atoms with Crippen molar-refractivity contribution >= 4 is 61.4 Å². The molecule has 2 aromatic carbocycles. The van der Waals surface area contributed by atoms with Gasteiger partial charge in [-0.25, -0.2) is 0 Å². The van der Waals surface area contributed by atoms with Crippen molar-refractivity contribution in [2.45, 2.75) is 6.92 Å². The molecule has 9 heteroatoms. The SMILES string of the molecule is Cc1cccc(OCC2=NN3C(=N)C(=Cc4ccc(N(C)C)c(Br)c4)C(=O)N=C3S2)c1. The number of halogens is 1. The van der Waals surface area contributed by atoms with Crippen LogP contribution in [0, 0.1) is 12.3 Å². The highest BCUT2D eigenvalue weighted by molar-refractivity contribution is 9.10. The standard InChI is InChI=1S/C22H20BrN5O2S/c1-13-5-4-6-15(9-13)30-12-19-26-28-20(24)16(21(29)25-22(28)31-19)10-14-7-8-18(27(2)3)17(23)11-14/h4-11,24H,12H2,1-3H3. The molecule has 0 fully saturated rings. The molecule has 0 spiro atoms. The third-order valence-electron chi connectivity index (χ3n) is 4.61. The maximum absolute atomic E-state index is 12.6. The number of ether oxygens (including phenoxy) is 1. The molecule has 31 heavy (non-hydrogen) atoms. The van der Waals surface area contributed by atoms with Gasteiger partial charge in [0, 0.05) is 18.6 Å². The van der Waals surface area contributed by atoms with E-state index in [1.165, 1.54) is 16.8 Å². The second kappa shape index (κ2) is 8.68. The van der Waals surface area contributed by atoms with Crippen molar-refractivity contribution in [3.63, 3.8) is 0 Å².